The number of ether oxygens (including phenoxy) is 2. The summed E-state index contributed by atoms with van der Waals surface area (Å²) in [5.74, 6) is -17.3. The minimum Gasteiger partial charge on any atom is -0.480 e. The van der Waals surface area contributed by atoms with E-state index < -0.39 is 214 Å². The highest BCUT2D eigenvalue weighted by molar-refractivity contribution is 6.04. The van der Waals surface area contributed by atoms with Gasteiger partial charge in [0.1, 0.15) is 24.4 Å². The molecule has 0 aliphatic carbocycles. The Labute approximate surface area is 646 Å². The number of nitrogens with one attached hydrogen (secondary N) is 8. The molecule has 3 heterocycles. The van der Waals surface area contributed by atoms with Gasteiger partial charge in [-0.25, -0.2) is 38.4 Å². The summed E-state index contributed by atoms with van der Waals surface area (Å²) in [5, 5.41) is 118. The number of hydrogen-bond acceptors (Lipinski definition) is 20. The van der Waals surface area contributed by atoms with Crippen molar-refractivity contribution in [3.05, 3.63) is 216 Å². The molecule has 10 aromatic rings. The van der Waals surface area contributed by atoms with E-state index in [-0.39, 0.29) is 82.5 Å². The van der Waals surface area contributed by atoms with Gasteiger partial charge in [0, 0.05) is 94.4 Å². The number of aromatic amines is 3. The molecule has 0 spiro atoms. The maximum atomic E-state index is 14.6. The van der Waals surface area contributed by atoms with E-state index in [0.717, 1.165) is 60.7 Å². The monoisotopic (exact) mass is 1580 g/mol. The number of H-pyrrole nitrogens is 3. The van der Waals surface area contributed by atoms with Crippen molar-refractivity contribution in [2.24, 2.45) is 0 Å². The molecule has 37 heteroatoms. The van der Waals surface area contributed by atoms with Crippen molar-refractivity contribution in [2.45, 2.75) is 75.4 Å². The van der Waals surface area contributed by atoms with E-state index in [1.165, 1.54) is 12.1 Å². The average Bonchev–Trinajstić information content (AvgIpc) is 1.64. The van der Waals surface area contributed by atoms with Crippen molar-refractivity contribution in [1.82, 2.24) is 36.2 Å². The summed E-state index contributed by atoms with van der Waals surface area (Å²) >= 11 is 0. The van der Waals surface area contributed by atoms with Gasteiger partial charge in [-0.15, -0.1) is 0 Å². The van der Waals surface area contributed by atoms with Crippen LogP contribution in [0, 0.1) is 20.2 Å². The fourth-order valence-corrected chi connectivity index (χ4v) is 13.3. The van der Waals surface area contributed by atoms with Gasteiger partial charge in [-0.1, -0.05) is 54.6 Å². The maximum Gasteiger partial charge on any atom is 0.335 e. The number of para-hydroxylation sites is 3. The number of nitrogens with zero attached hydrogens (tertiary/aromatic N) is 2. The Bertz CT molecular complexity index is 5320. The van der Waals surface area contributed by atoms with Crippen molar-refractivity contribution in [1.29, 1.82) is 0 Å². The molecule has 2 atom stereocenters. The highest BCUT2D eigenvalue weighted by Gasteiger charge is 2.37. The van der Waals surface area contributed by atoms with Crippen LogP contribution in [0.25, 0.3) is 66.5 Å². The third kappa shape index (κ3) is 20.5. The lowest BCUT2D eigenvalue weighted by molar-refractivity contribution is -0.393. The molecular formula is C78H70N10O27. The van der Waals surface area contributed by atoms with Gasteiger partial charge in [-0.2, -0.15) is 0 Å². The first-order valence-corrected chi connectivity index (χ1v) is 34.9. The van der Waals surface area contributed by atoms with Crippen molar-refractivity contribution in [3.63, 3.8) is 0 Å². The van der Waals surface area contributed by atoms with Crippen molar-refractivity contribution >= 4 is 127 Å². The van der Waals surface area contributed by atoms with Crippen molar-refractivity contribution < 1.29 is 123 Å². The third-order valence-corrected chi connectivity index (χ3v) is 18.7. The second-order valence-corrected chi connectivity index (χ2v) is 26.4. The number of anilines is 1. The van der Waals surface area contributed by atoms with E-state index in [9.17, 15) is 123 Å². The second-order valence-electron chi connectivity index (χ2n) is 26.4. The van der Waals surface area contributed by atoms with Crippen LogP contribution in [0.4, 0.5) is 17.1 Å². The number of carbonyl (C=O) groups excluding carboxylic acids is 5. The lowest BCUT2D eigenvalue weighted by atomic mass is 9.83. The van der Waals surface area contributed by atoms with Gasteiger partial charge in [0.05, 0.1) is 81.2 Å². The topological polar surface area (TPSA) is 596 Å². The van der Waals surface area contributed by atoms with E-state index in [4.69, 9.17) is 9.47 Å². The Kier molecular flexibility index (Phi) is 26.0. The summed E-state index contributed by atoms with van der Waals surface area (Å²) < 4.78 is 11.2. The molecule has 0 saturated heterocycles. The minimum atomic E-state index is -2.03. The number of carbonyl (C=O) groups is 13. The molecule has 0 aliphatic rings. The number of nitro benzene ring substituents is 2. The Hall–Kier alpha value is -15.0. The fourth-order valence-electron chi connectivity index (χ4n) is 13.3. The van der Waals surface area contributed by atoms with Gasteiger partial charge in [0.25, 0.3) is 11.4 Å². The van der Waals surface area contributed by atoms with Gasteiger partial charge >= 0.3 is 47.8 Å². The van der Waals surface area contributed by atoms with Gasteiger partial charge in [0.15, 0.2) is 0 Å². The summed E-state index contributed by atoms with van der Waals surface area (Å²) in [5.41, 5.74) is -3.81. The lowest BCUT2D eigenvalue weighted by Gasteiger charge is -2.35. The predicted octanol–water partition coefficient (Wildman–Crippen LogP) is 8.29. The molecule has 2 unspecified atom stereocenters. The van der Waals surface area contributed by atoms with Gasteiger partial charge in [-0.3, -0.25) is 49.5 Å². The van der Waals surface area contributed by atoms with Gasteiger partial charge in [-0.05, 0) is 132 Å². The van der Waals surface area contributed by atoms with Gasteiger partial charge in [0.2, 0.25) is 29.5 Å². The number of amides is 5. The van der Waals surface area contributed by atoms with Crippen LogP contribution < -0.4 is 26.6 Å². The van der Waals surface area contributed by atoms with Crippen LogP contribution >= 0.6 is 0 Å². The number of nitro groups is 2. The van der Waals surface area contributed by atoms with Crippen molar-refractivity contribution in [3.8, 4) is 33.8 Å². The molecule has 0 saturated carbocycles. The van der Waals surface area contributed by atoms with E-state index >= 15 is 0 Å². The van der Waals surface area contributed by atoms with Crippen LogP contribution in [0.2, 0.25) is 0 Å². The number of non-ortho nitro benzene ring substituents is 1. The molecule has 0 bridgehead atoms. The zero-order valence-electron chi connectivity index (χ0n) is 60.1. The summed E-state index contributed by atoms with van der Waals surface area (Å²) in [6, 6.07) is 28.2. The first-order chi connectivity index (χ1) is 54.7. The molecular weight excluding hydrogens is 1510 g/mol. The Morgan fingerprint density at radius 1 is 0.417 bits per heavy atom. The molecule has 594 valence electrons. The zero-order chi connectivity index (χ0) is 83.1. The number of aromatic nitrogens is 3. The zero-order valence-corrected chi connectivity index (χ0v) is 60.1. The lowest BCUT2D eigenvalue weighted by Crippen LogP contribution is -2.52. The van der Waals surface area contributed by atoms with Crippen molar-refractivity contribution in [2.75, 3.05) is 38.3 Å². The molecule has 115 heavy (non-hydrogen) atoms. The van der Waals surface area contributed by atoms with E-state index in [1.807, 2.05) is 0 Å². The molecule has 3 aromatic heterocycles. The number of aromatic carboxylic acids is 6. The number of carboxylic acids is 8. The molecule has 0 fully saturated rings. The number of hydrogen-bond donors (Lipinski definition) is 16. The third-order valence-electron chi connectivity index (χ3n) is 18.7. The number of fused-ring (bicyclic) bond motifs is 3. The summed E-state index contributed by atoms with van der Waals surface area (Å²) in [7, 11) is 0. The first kappa shape index (κ1) is 82.5. The number of rotatable bonds is 40. The SMILES string of the molecule is O=C(CCC(CCC(=O)NC(Cc1c(-c2cc(C(=O)O)cc(C(=O)O)c2)[nH]c2ccccc12)C(=O)O)(CCC(=O)NC(Cc1c(-c2cc(C(=O)O)cc(C(=O)O)c2)[nH]c2ccccc12)C(=O)O)NC(=O)COCCOCCNc1ccc([N+](=O)[O-])cc1[N+](=O)[O-])NC(=O)Cc1c(-c2cc(C(=O)O)cc(C(=O)O)c2)[nH]c2ccccc12. The largest absolute Gasteiger partial charge is 0.480 e. The van der Waals surface area contributed by atoms with E-state index in [1.54, 1.807) is 72.8 Å². The summed E-state index contributed by atoms with van der Waals surface area (Å²) in [6.45, 7) is -1.62. The summed E-state index contributed by atoms with van der Waals surface area (Å²) in [6.07, 6.45) is -5.89. The molecule has 5 amide bonds. The molecule has 0 aliphatic heterocycles. The standard InChI is InChI=1S/C78H70N10O27/c89-62(80-59(76(106)107)35-52-49-7-1-4-10-55(49)82-67(52)39-25-42(70(94)95)31-43(26-39)71(96)97)15-18-78(86-66(93)38-115-24-23-114-22-21-79-58-14-13-48(87(110)111)34-61(58)88(112)113,20-17-64(91)85-65(92)37-54-51-9-3-6-12-57(51)84-69(54)41-29-46(74(102)103)33-47(30-41)75(104)105)19-16-63(90)81-60(77(108)109)36-53-50-8-2-5-11-56(50)83-68(53)40-27-44(72(98)99)32-45(28-40)73(100)101/h1-14,25-34,59-60,79,82-84H,15-24,35-38H2,(H,80,89)(H,81,90)(H,86,93)(H,94,95)(H,96,97)(H,98,99)(H,100,101)(H,102,103)(H,104,105)(H,106,107)(H,108,109)(H,85,91,92). The quantitative estimate of drug-likeness (QED) is 0.00975. The number of imide groups is 1. The van der Waals surface area contributed by atoms with Crippen LogP contribution in [0.15, 0.2) is 146 Å². The van der Waals surface area contributed by atoms with Crippen LogP contribution in [-0.4, -0.2) is 194 Å². The highest BCUT2D eigenvalue weighted by Crippen LogP contribution is 2.38. The highest BCUT2D eigenvalue weighted by atomic mass is 16.6. The number of carboxylic acid groups (broad SMARTS) is 8. The normalized spacial score (nSPS) is 12.2. The summed E-state index contributed by atoms with van der Waals surface area (Å²) in [4.78, 5) is 203. The molecule has 16 N–H and O–H groups in total. The fraction of sp³-hybridized carbons (Fsp3) is 0.218. The number of benzene rings is 7. The van der Waals surface area contributed by atoms with E-state index in [0.29, 0.717) is 32.7 Å². The van der Waals surface area contributed by atoms with Gasteiger partial charge < -0.3 is 86.5 Å². The smallest absolute Gasteiger partial charge is 0.335 e. The van der Waals surface area contributed by atoms with Crippen LogP contribution in [0.3, 0.4) is 0 Å². The maximum absolute atomic E-state index is 14.6. The Morgan fingerprint density at radius 2 is 0.791 bits per heavy atom. The minimum absolute atomic E-state index is 0.00812. The van der Waals surface area contributed by atoms with E-state index in [2.05, 4.69) is 41.5 Å². The van der Waals surface area contributed by atoms with Crippen LogP contribution in [-0.2, 0) is 62.3 Å². The number of aliphatic carboxylic acids is 2. The molecule has 0 radical (unpaired) electrons. The second kappa shape index (κ2) is 36.2. The average molecular weight is 1580 g/mol. The predicted molar refractivity (Wildman–Crippen MR) is 405 cm³/mol. The molecule has 37 nitrogen and oxygen atoms in total. The van der Waals surface area contributed by atoms with Crippen LogP contribution in [0.1, 0.15) is 117 Å². The molecule has 7 aromatic carbocycles. The first-order valence-electron chi connectivity index (χ1n) is 34.9. The Morgan fingerprint density at radius 3 is 1.17 bits per heavy atom. The van der Waals surface area contributed by atoms with Crippen LogP contribution in [0.5, 0.6) is 0 Å². The molecule has 10 rings (SSSR count). The Balaban J connectivity index is 0.959.